The Kier molecular flexibility index (Phi) is 3.97. The number of rotatable bonds is 2. The van der Waals surface area contributed by atoms with Gasteiger partial charge in [-0.15, -0.1) is 0 Å². The molecule has 1 heterocycles. The molecule has 2 nitrogen and oxygen atoms in total. The molecule has 1 saturated heterocycles. The largest absolute Gasteiger partial charge is 0.307 e. The zero-order chi connectivity index (χ0) is 11.4. The van der Waals surface area contributed by atoms with Crippen LogP contribution >= 0.6 is 11.6 Å². The molecule has 1 N–H and O–H groups in total. The van der Waals surface area contributed by atoms with Crippen molar-refractivity contribution in [2.24, 2.45) is 0 Å². The highest BCUT2D eigenvalue weighted by Crippen LogP contribution is 2.16. The summed E-state index contributed by atoms with van der Waals surface area (Å²) in [6, 6.07) is 7.17. The lowest BCUT2D eigenvalue weighted by molar-refractivity contribution is 0.0940. The summed E-state index contributed by atoms with van der Waals surface area (Å²) in [5, 5.41) is 3.93. The van der Waals surface area contributed by atoms with Gasteiger partial charge in [0.05, 0.1) is 6.04 Å². The fraction of sp³-hybridized carbons (Fsp3) is 0.462. The summed E-state index contributed by atoms with van der Waals surface area (Å²) >= 11 is 5.89. The molecule has 0 aliphatic carbocycles. The van der Waals surface area contributed by atoms with Gasteiger partial charge < -0.3 is 5.32 Å². The molecule has 1 unspecified atom stereocenters. The molecule has 1 aliphatic rings. The highest BCUT2D eigenvalue weighted by molar-refractivity contribution is 6.31. The average Bonchev–Trinajstić information content (AvgIpc) is 2.56. The molecular weight excluding hydrogens is 222 g/mol. The van der Waals surface area contributed by atoms with Crippen molar-refractivity contribution in [1.82, 2.24) is 5.32 Å². The van der Waals surface area contributed by atoms with Gasteiger partial charge in [0, 0.05) is 10.6 Å². The summed E-state index contributed by atoms with van der Waals surface area (Å²) in [5.41, 5.74) is 0.715. The minimum Gasteiger partial charge on any atom is -0.307 e. The summed E-state index contributed by atoms with van der Waals surface area (Å²) in [6.07, 6.45) is 4.45. The fourth-order valence-corrected chi connectivity index (χ4v) is 2.29. The van der Waals surface area contributed by atoms with E-state index in [1.165, 1.54) is 12.8 Å². The van der Waals surface area contributed by atoms with Crippen LogP contribution in [-0.2, 0) is 0 Å². The van der Waals surface area contributed by atoms with Crippen molar-refractivity contribution in [3.8, 4) is 0 Å². The highest BCUT2D eigenvalue weighted by atomic mass is 35.5. The van der Waals surface area contributed by atoms with Gasteiger partial charge in [0.25, 0.3) is 0 Å². The molecule has 1 atom stereocenters. The summed E-state index contributed by atoms with van der Waals surface area (Å²) < 4.78 is 0. The van der Waals surface area contributed by atoms with Gasteiger partial charge in [-0.05, 0) is 31.5 Å². The van der Waals surface area contributed by atoms with Crippen LogP contribution in [-0.4, -0.2) is 18.4 Å². The van der Waals surface area contributed by atoms with Crippen molar-refractivity contribution >= 4 is 17.4 Å². The summed E-state index contributed by atoms with van der Waals surface area (Å²) in [4.78, 5) is 12.2. The number of hydrogen-bond acceptors (Lipinski definition) is 2. The van der Waals surface area contributed by atoms with Gasteiger partial charge in [-0.2, -0.15) is 0 Å². The number of benzene rings is 1. The van der Waals surface area contributed by atoms with Crippen LogP contribution in [0.3, 0.4) is 0 Å². The maximum absolute atomic E-state index is 12.2. The Morgan fingerprint density at radius 2 is 2.19 bits per heavy atom. The first-order valence-electron chi connectivity index (χ1n) is 5.80. The van der Waals surface area contributed by atoms with Crippen LogP contribution in [0.2, 0.25) is 5.02 Å². The van der Waals surface area contributed by atoms with Gasteiger partial charge >= 0.3 is 0 Å². The molecule has 86 valence electrons. The van der Waals surface area contributed by atoms with Gasteiger partial charge in [0.15, 0.2) is 5.78 Å². The van der Waals surface area contributed by atoms with E-state index < -0.39 is 0 Å². The minimum absolute atomic E-state index is 0.0269. The summed E-state index contributed by atoms with van der Waals surface area (Å²) in [6.45, 7) is 0.941. The fourth-order valence-electron chi connectivity index (χ4n) is 2.10. The van der Waals surface area contributed by atoms with Crippen LogP contribution in [0.15, 0.2) is 24.3 Å². The number of halogens is 1. The quantitative estimate of drug-likeness (QED) is 0.801. The van der Waals surface area contributed by atoms with Crippen molar-refractivity contribution in [2.45, 2.75) is 31.7 Å². The third kappa shape index (κ3) is 2.83. The second-order valence-corrected chi connectivity index (χ2v) is 4.67. The molecular formula is C13H16ClNO. The second-order valence-electron chi connectivity index (χ2n) is 4.23. The number of hydrogen-bond donors (Lipinski definition) is 1. The van der Waals surface area contributed by atoms with Gasteiger partial charge in [0.1, 0.15) is 0 Å². The van der Waals surface area contributed by atoms with E-state index in [2.05, 4.69) is 5.32 Å². The molecule has 1 aliphatic heterocycles. The smallest absolute Gasteiger partial charge is 0.179 e. The van der Waals surface area contributed by atoms with E-state index in [0.717, 1.165) is 19.4 Å². The topological polar surface area (TPSA) is 29.1 Å². The van der Waals surface area contributed by atoms with Crippen LogP contribution in [0, 0.1) is 0 Å². The lowest BCUT2D eigenvalue weighted by Gasteiger charge is -2.14. The lowest BCUT2D eigenvalue weighted by Crippen LogP contribution is -2.36. The zero-order valence-corrected chi connectivity index (χ0v) is 9.96. The van der Waals surface area contributed by atoms with Crippen molar-refractivity contribution < 1.29 is 4.79 Å². The molecule has 0 bridgehead atoms. The Hall–Kier alpha value is -0.860. The number of nitrogens with one attached hydrogen (secondary N) is 1. The SMILES string of the molecule is O=C(c1cccc(Cl)c1)C1CCCCCN1. The first-order chi connectivity index (χ1) is 7.77. The van der Waals surface area contributed by atoms with Crippen molar-refractivity contribution in [3.05, 3.63) is 34.9 Å². The Morgan fingerprint density at radius 1 is 1.31 bits per heavy atom. The number of ketones is 1. The summed E-state index contributed by atoms with van der Waals surface area (Å²) in [7, 11) is 0. The highest BCUT2D eigenvalue weighted by Gasteiger charge is 2.20. The van der Waals surface area contributed by atoms with Crippen LogP contribution in [0.5, 0.6) is 0 Å². The molecule has 0 amide bonds. The third-order valence-electron chi connectivity index (χ3n) is 2.99. The first-order valence-corrected chi connectivity index (χ1v) is 6.18. The van der Waals surface area contributed by atoms with Crippen LogP contribution in [0.25, 0.3) is 0 Å². The Labute approximate surface area is 101 Å². The molecule has 1 aromatic rings. The number of carbonyl (C=O) groups is 1. The van der Waals surface area contributed by atoms with E-state index in [9.17, 15) is 4.79 Å². The molecule has 2 rings (SSSR count). The molecule has 16 heavy (non-hydrogen) atoms. The van der Waals surface area contributed by atoms with E-state index in [-0.39, 0.29) is 11.8 Å². The van der Waals surface area contributed by atoms with Crippen LogP contribution < -0.4 is 5.32 Å². The Balaban J connectivity index is 2.11. The normalized spacial score (nSPS) is 21.4. The van der Waals surface area contributed by atoms with E-state index in [0.29, 0.717) is 10.6 Å². The number of carbonyl (C=O) groups excluding carboxylic acids is 1. The van der Waals surface area contributed by atoms with Gasteiger partial charge in [-0.3, -0.25) is 4.79 Å². The minimum atomic E-state index is -0.0269. The number of Topliss-reactive ketones (excluding diaryl/α,β-unsaturated/α-hetero) is 1. The zero-order valence-electron chi connectivity index (χ0n) is 9.21. The molecule has 0 aromatic heterocycles. The standard InChI is InChI=1S/C13H16ClNO/c14-11-6-4-5-10(9-11)13(16)12-7-2-1-3-8-15-12/h4-6,9,12,15H,1-3,7-8H2. The van der Waals surface area contributed by atoms with Crippen molar-refractivity contribution in [3.63, 3.8) is 0 Å². The maximum Gasteiger partial charge on any atom is 0.179 e. The Morgan fingerprint density at radius 3 is 3.00 bits per heavy atom. The van der Waals surface area contributed by atoms with E-state index in [4.69, 9.17) is 11.6 Å². The molecule has 0 radical (unpaired) electrons. The van der Waals surface area contributed by atoms with Crippen LogP contribution in [0.1, 0.15) is 36.0 Å². The lowest BCUT2D eigenvalue weighted by atomic mass is 10.0. The monoisotopic (exact) mass is 237 g/mol. The predicted octanol–water partition coefficient (Wildman–Crippen LogP) is 3.05. The molecule has 1 fully saturated rings. The Bertz CT molecular complexity index is 370. The van der Waals surface area contributed by atoms with Gasteiger partial charge in [-0.25, -0.2) is 0 Å². The first kappa shape index (κ1) is 11.6. The molecule has 1 aromatic carbocycles. The molecule has 3 heteroatoms. The van der Waals surface area contributed by atoms with Crippen LogP contribution in [0.4, 0.5) is 0 Å². The average molecular weight is 238 g/mol. The second kappa shape index (κ2) is 5.46. The van der Waals surface area contributed by atoms with Gasteiger partial charge in [0.2, 0.25) is 0 Å². The van der Waals surface area contributed by atoms with Crippen molar-refractivity contribution in [2.75, 3.05) is 6.54 Å². The maximum atomic E-state index is 12.2. The molecule has 0 spiro atoms. The predicted molar refractivity (Wildman–Crippen MR) is 66.0 cm³/mol. The molecule has 0 saturated carbocycles. The van der Waals surface area contributed by atoms with Crippen molar-refractivity contribution in [1.29, 1.82) is 0 Å². The van der Waals surface area contributed by atoms with E-state index >= 15 is 0 Å². The third-order valence-corrected chi connectivity index (χ3v) is 3.22. The van der Waals surface area contributed by atoms with E-state index in [1.807, 2.05) is 12.1 Å². The van der Waals surface area contributed by atoms with Gasteiger partial charge in [-0.1, -0.05) is 36.6 Å². The summed E-state index contributed by atoms with van der Waals surface area (Å²) in [5.74, 6) is 0.171. The van der Waals surface area contributed by atoms with E-state index in [1.54, 1.807) is 12.1 Å².